The Labute approximate surface area is 77.8 Å². The van der Waals surface area contributed by atoms with Crippen molar-refractivity contribution >= 4 is 17.3 Å². The summed E-state index contributed by atoms with van der Waals surface area (Å²) in [6.07, 6.45) is 1.37. The Morgan fingerprint density at radius 2 is 2.14 bits per heavy atom. The van der Waals surface area contributed by atoms with Crippen LogP contribution in [-0.2, 0) is 0 Å². The molecule has 0 N–H and O–H groups in total. The Balaban J connectivity index is 3.01. The van der Waals surface area contributed by atoms with Gasteiger partial charge in [-0.3, -0.25) is 9.59 Å². The first-order valence-electron chi connectivity index (χ1n) is 3.89. The molecule has 2 aromatic rings. The largest absolute Gasteiger partial charge is 0.463 e. The van der Waals surface area contributed by atoms with Crippen molar-refractivity contribution in [3.63, 3.8) is 0 Å². The zero-order chi connectivity index (χ0) is 10.1. The molecule has 0 spiro atoms. The summed E-state index contributed by atoms with van der Waals surface area (Å²) in [7, 11) is 0. The molecule has 0 aliphatic rings. The van der Waals surface area contributed by atoms with E-state index in [1.54, 1.807) is 0 Å². The molecule has 1 aromatic carbocycles. The van der Waals surface area contributed by atoms with Gasteiger partial charge in [0.05, 0.1) is 5.56 Å². The number of rotatable bonds is 1. The van der Waals surface area contributed by atoms with Gasteiger partial charge in [-0.1, -0.05) is 6.07 Å². The monoisotopic (exact) mass is 192 g/mol. The Bertz CT molecular complexity index is 557. The van der Waals surface area contributed by atoms with Crippen molar-refractivity contribution in [1.29, 1.82) is 0 Å². The van der Waals surface area contributed by atoms with Crippen molar-refractivity contribution in [2.75, 3.05) is 0 Å². The first-order chi connectivity index (χ1) is 6.74. The molecule has 1 heterocycles. The van der Waals surface area contributed by atoms with E-state index >= 15 is 0 Å². The van der Waals surface area contributed by atoms with E-state index in [-0.39, 0.29) is 16.5 Å². The summed E-state index contributed by atoms with van der Waals surface area (Å²) >= 11 is 0. The third-order valence-electron chi connectivity index (χ3n) is 1.90. The molecule has 0 atom stereocenters. The van der Waals surface area contributed by atoms with Crippen molar-refractivity contribution in [2.24, 2.45) is 0 Å². The van der Waals surface area contributed by atoms with E-state index in [0.717, 1.165) is 12.3 Å². The van der Waals surface area contributed by atoms with Crippen LogP contribution in [0.4, 0.5) is 4.39 Å². The molecule has 0 aliphatic heterocycles. The maximum Gasteiger partial charge on any atom is 0.206 e. The van der Waals surface area contributed by atoms with Crippen LogP contribution in [0.1, 0.15) is 10.4 Å². The lowest BCUT2D eigenvalue weighted by Gasteiger charge is -1.97. The van der Waals surface area contributed by atoms with Crippen molar-refractivity contribution in [1.82, 2.24) is 0 Å². The van der Waals surface area contributed by atoms with Gasteiger partial charge in [0.15, 0.2) is 6.29 Å². The molecule has 3 nitrogen and oxygen atoms in total. The topological polar surface area (TPSA) is 47.3 Å². The summed E-state index contributed by atoms with van der Waals surface area (Å²) in [5, 5.41) is -0.183. The van der Waals surface area contributed by atoms with E-state index in [9.17, 15) is 14.0 Å². The molecule has 14 heavy (non-hydrogen) atoms. The van der Waals surface area contributed by atoms with E-state index in [2.05, 4.69) is 0 Å². The molecule has 4 heteroatoms. The first kappa shape index (κ1) is 8.62. The lowest BCUT2D eigenvalue weighted by Crippen LogP contribution is -2.08. The fraction of sp³-hybridized carbons (Fsp3) is 0. The Morgan fingerprint density at radius 1 is 1.36 bits per heavy atom. The van der Waals surface area contributed by atoms with Crippen LogP contribution in [0.15, 0.2) is 33.7 Å². The maximum absolute atomic E-state index is 13.2. The van der Waals surface area contributed by atoms with Gasteiger partial charge in [0.1, 0.15) is 23.0 Å². The second kappa shape index (κ2) is 3.06. The van der Waals surface area contributed by atoms with Crippen LogP contribution in [0.25, 0.3) is 11.0 Å². The Morgan fingerprint density at radius 3 is 2.86 bits per heavy atom. The first-order valence-corrected chi connectivity index (χ1v) is 3.89. The van der Waals surface area contributed by atoms with Gasteiger partial charge < -0.3 is 4.42 Å². The second-order valence-corrected chi connectivity index (χ2v) is 2.75. The molecule has 70 valence electrons. The van der Waals surface area contributed by atoms with Gasteiger partial charge in [0.25, 0.3) is 0 Å². The molecule has 0 aliphatic carbocycles. The number of hydrogen-bond donors (Lipinski definition) is 0. The fourth-order valence-electron chi connectivity index (χ4n) is 1.23. The molecular weight excluding hydrogens is 187 g/mol. The Kier molecular flexibility index (Phi) is 1.89. The summed E-state index contributed by atoms with van der Waals surface area (Å²) in [6, 6.07) is 4.05. The maximum atomic E-state index is 13.2. The lowest BCUT2D eigenvalue weighted by molar-refractivity contribution is 0.112. The molecular formula is C10H5FO3. The van der Waals surface area contributed by atoms with Crippen LogP contribution in [0.3, 0.4) is 0 Å². The highest BCUT2D eigenvalue weighted by Crippen LogP contribution is 2.13. The number of halogens is 1. The minimum Gasteiger partial charge on any atom is -0.463 e. The molecule has 0 saturated carbocycles. The average molecular weight is 192 g/mol. The molecule has 0 fully saturated rings. The number of fused-ring (bicyclic) bond motifs is 1. The van der Waals surface area contributed by atoms with Gasteiger partial charge in [0.2, 0.25) is 5.43 Å². The summed E-state index contributed by atoms with van der Waals surface area (Å²) in [5.74, 6) is -0.681. The lowest BCUT2D eigenvalue weighted by atomic mass is 10.2. The quantitative estimate of drug-likeness (QED) is 0.646. The predicted octanol–water partition coefficient (Wildman–Crippen LogP) is 1.74. The van der Waals surface area contributed by atoms with Crippen molar-refractivity contribution in [3.05, 3.63) is 46.1 Å². The summed E-state index contributed by atoms with van der Waals surface area (Å²) in [4.78, 5) is 21.8. The van der Waals surface area contributed by atoms with Crippen LogP contribution in [0.5, 0.6) is 0 Å². The summed E-state index contributed by atoms with van der Waals surface area (Å²) < 4.78 is 18.1. The van der Waals surface area contributed by atoms with Crippen LogP contribution in [-0.4, -0.2) is 6.29 Å². The van der Waals surface area contributed by atoms with E-state index < -0.39 is 11.2 Å². The highest BCUT2D eigenvalue weighted by molar-refractivity contribution is 5.84. The van der Waals surface area contributed by atoms with Gasteiger partial charge in [-0.25, -0.2) is 4.39 Å². The molecule has 2 rings (SSSR count). The van der Waals surface area contributed by atoms with Gasteiger partial charge in [-0.15, -0.1) is 0 Å². The second-order valence-electron chi connectivity index (χ2n) is 2.75. The molecule has 1 aromatic heterocycles. The molecule has 0 amide bonds. The number of benzene rings is 1. The van der Waals surface area contributed by atoms with E-state index in [0.29, 0.717) is 6.29 Å². The smallest absolute Gasteiger partial charge is 0.206 e. The van der Waals surface area contributed by atoms with Crippen molar-refractivity contribution < 1.29 is 13.6 Å². The fourth-order valence-corrected chi connectivity index (χ4v) is 1.23. The third kappa shape index (κ3) is 1.12. The number of carbonyl (C=O) groups excluding carboxylic acids is 1. The van der Waals surface area contributed by atoms with Crippen molar-refractivity contribution in [2.45, 2.75) is 0 Å². The van der Waals surface area contributed by atoms with Gasteiger partial charge >= 0.3 is 0 Å². The van der Waals surface area contributed by atoms with Gasteiger partial charge in [-0.2, -0.15) is 0 Å². The van der Waals surface area contributed by atoms with Gasteiger partial charge in [0, 0.05) is 0 Å². The number of aldehydes is 1. The summed E-state index contributed by atoms with van der Waals surface area (Å²) in [5.41, 5.74) is -0.678. The van der Waals surface area contributed by atoms with Crippen LogP contribution in [0.2, 0.25) is 0 Å². The van der Waals surface area contributed by atoms with E-state index in [1.165, 1.54) is 12.1 Å². The van der Waals surface area contributed by atoms with E-state index in [1.807, 2.05) is 0 Å². The average Bonchev–Trinajstić information content (AvgIpc) is 2.18. The highest BCUT2D eigenvalue weighted by atomic mass is 19.1. The standard InChI is InChI=1S/C10H5FO3/c11-7-2-1-3-8-9(7)10(13)6(4-12)5-14-8/h1-5H. The SMILES string of the molecule is O=Cc1coc2cccc(F)c2c1=O. The van der Waals surface area contributed by atoms with Crippen LogP contribution >= 0.6 is 0 Å². The molecule has 0 saturated heterocycles. The molecule has 0 radical (unpaired) electrons. The Hall–Kier alpha value is -1.97. The normalized spacial score (nSPS) is 10.4. The minimum absolute atomic E-state index is 0.139. The summed E-state index contributed by atoms with van der Waals surface area (Å²) in [6.45, 7) is 0. The third-order valence-corrected chi connectivity index (χ3v) is 1.90. The van der Waals surface area contributed by atoms with Crippen LogP contribution in [0, 0.1) is 5.82 Å². The van der Waals surface area contributed by atoms with Crippen molar-refractivity contribution in [3.8, 4) is 0 Å². The molecule has 0 unspecified atom stereocenters. The molecule has 0 bridgehead atoms. The number of carbonyl (C=O) groups is 1. The zero-order valence-corrected chi connectivity index (χ0v) is 6.99. The minimum atomic E-state index is -0.681. The zero-order valence-electron chi connectivity index (χ0n) is 6.99. The highest BCUT2D eigenvalue weighted by Gasteiger charge is 2.09. The van der Waals surface area contributed by atoms with E-state index in [4.69, 9.17) is 4.42 Å². The van der Waals surface area contributed by atoms with Gasteiger partial charge in [-0.05, 0) is 12.1 Å². The predicted molar refractivity (Wildman–Crippen MR) is 47.8 cm³/mol. The number of hydrogen-bond acceptors (Lipinski definition) is 3. The van der Waals surface area contributed by atoms with Crippen LogP contribution < -0.4 is 5.43 Å².